The average molecular weight is 214 g/mol. The van der Waals surface area contributed by atoms with Gasteiger partial charge >= 0.3 is 5.97 Å². The van der Waals surface area contributed by atoms with E-state index in [-0.39, 0.29) is 12.1 Å². The lowest BCUT2D eigenvalue weighted by atomic mass is 10.1. The molecule has 1 rings (SSSR count). The van der Waals surface area contributed by atoms with Crippen LogP contribution in [0.4, 0.5) is 0 Å². The van der Waals surface area contributed by atoms with Gasteiger partial charge in [-0.25, -0.2) is 0 Å². The Kier molecular flexibility index (Phi) is 5.69. The van der Waals surface area contributed by atoms with Gasteiger partial charge in [0.15, 0.2) is 0 Å². The number of rotatable bonds is 8. The van der Waals surface area contributed by atoms with E-state index in [0.29, 0.717) is 18.9 Å². The zero-order chi connectivity index (χ0) is 11.1. The quantitative estimate of drug-likeness (QED) is 0.582. The Morgan fingerprint density at radius 1 is 1.27 bits per heavy atom. The molecule has 1 aliphatic carbocycles. The van der Waals surface area contributed by atoms with E-state index in [1.54, 1.807) is 0 Å². The standard InChI is InChI=1S/C12H22O3/c1-3-7-14-11(10-5-6-10)9-12(13)15-8-4-2/h10-11H,3-9H2,1-2H3. The summed E-state index contributed by atoms with van der Waals surface area (Å²) in [5.41, 5.74) is 0. The third-order valence-corrected chi connectivity index (χ3v) is 2.52. The highest BCUT2D eigenvalue weighted by Gasteiger charge is 2.33. The summed E-state index contributed by atoms with van der Waals surface area (Å²) < 4.78 is 10.7. The molecule has 1 atom stereocenters. The monoisotopic (exact) mass is 214 g/mol. The molecule has 1 fully saturated rings. The minimum absolute atomic E-state index is 0.106. The molecule has 0 aromatic carbocycles. The molecule has 0 amide bonds. The highest BCUT2D eigenvalue weighted by atomic mass is 16.5. The first-order valence-electron chi connectivity index (χ1n) is 6.05. The molecule has 0 radical (unpaired) electrons. The summed E-state index contributed by atoms with van der Waals surface area (Å²) in [6.07, 6.45) is 4.84. The molecule has 0 N–H and O–H groups in total. The molecule has 0 aromatic heterocycles. The topological polar surface area (TPSA) is 35.5 Å². The predicted octanol–water partition coefficient (Wildman–Crippen LogP) is 2.53. The second-order valence-electron chi connectivity index (χ2n) is 4.17. The molecule has 15 heavy (non-hydrogen) atoms. The predicted molar refractivity (Wildman–Crippen MR) is 58.6 cm³/mol. The molecule has 1 unspecified atom stereocenters. The summed E-state index contributed by atoms with van der Waals surface area (Å²) in [7, 11) is 0. The van der Waals surface area contributed by atoms with Gasteiger partial charge in [0.25, 0.3) is 0 Å². The summed E-state index contributed by atoms with van der Waals surface area (Å²) in [5, 5.41) is 0. The van der Waals surface area contributed by atoms with Gasteiger partial charge < -0.3 is 9.47 Å². The van der Waals surface area contributed by atoms with Crippen LogP contribution >= 0.6 is 0 Å². The van der Waals surface area contributed by atoms with Crippen molar-refractivity contribution in [1.29, 1.82) is 0 Å². The third-order valence-electron chi connectivity index (χ3n) is 2.52. The van der Waals surface area contributed by atoms with Crippen LogP contribution in [0.5, 0.6) is 0 Å². The minimum Gasteiger partial charge on any atom is -0.466 e. The molecule has 0 saturated heterocycles. The number of hydrogen-bond acceptors (Lipinski definition) is 3. The van der Waals surface area contributed by atoms with E-state index in [1.807, 2.05) is 6.92 Å². The molecule has 0 spiro atoms. The van der Waals surface area contributed by atoms with Crippen molar-refractivity contribution in [3.05, 3.63) is 0 Å². The van der Waals surface area contributed by atoms with Crippen LogP contribution in [-0.2, 0) is 14.3 Å². The number of hydrogen-bond donors (Lipinski definition) is 0. The summed E-state index contributed by atoms with van der Waals surface area (Å²) in [6, 6.07) is 0. The maximum Gasteiger partial charge on any atom is 0.308 e. The van der Waals surface area contributed by atoms with Crippen LogP contribution in [0.2, 0.25) is 0 Å². The number of esters is 1. The number of carbonyl (C=O) groups excluding carboxylic acids is 1. The lowest BCUT2D eigenvalue weighted by Crippen LogP contribution is -2.22. The first-order valence-corrected chi connectivity index (χ1v) is 6.05. The van der Waals surface area contributed by atoms with E-state index in [4.69, 9.17) is 9.47 Å². The van der Waals surface area contributed by atoms with Crippen molar-refractivity contribution >= 4 is 5.97 Å². The molecule has 1 aliphatic rings. The molecular formula is C12H22O3. The summed E-state index contributed by atoms with van der Waals surface area (Å²) in [6.45, 7) is 5.37. The van der Waals surface area contributed by atoms with Gasteiger partial charge in [0.05, 0.1) is 19.1 Å². The molecule has 0 aromatic rings. The third kappa shape index (κ3) is 5.17. The van der Waals surface area contributed by atoms with Gasteiger partial charge in [0, 0.05) is 6.61 Å². The summed E-state index contributed by atoms with van der Waals surface area (Å²) >= 11 is 0. The van der Waals surface area contributed by atoms with Crippen LogP contribution < -0.4 is 0 Å². The van der Waals surface area contributed by atoms with E-state index in [1.165, 1.54) is 12.8 Å². The second-order valence-corrected chi connectivity index (χ2v) is 4.17. The first kappa shape index (κ1) is 12.5. The van der Waals surface area contributed by atoms with E-state index < -0.39 is 0 Å². The maximum absolute atomic E-state index is 11.4. The fourth-order valence-corrected chi connectivity index (χ4v) is 1.54. The summed E-state index contributed by atoms with van der Waals surface area (Å²) in [5.74, 6) is 0.496. The highest BCUT2D eigenvalue weighted by Crippen LogP contribution is 2.36. The Morgan fingerprint density at radius 3 is 2.47 bits per heavy atom. The molecular weight excluding hydrogens is 192 g/mol. The average Bonchev–Trinajstić information content (AvgIpc) is 3.04. The summed E-state index contributed by atoms with van der Waals surface area (Å²) in [4.78, 5) is 11.4. The van der Waals surface area contributed by atoms with Crippen LogP contribution in [-0.4, -0.2) is 25.3 Å². The number of ether oxygens (including phenoxy) is 2. The molecule has 0 bridgehead atoms. The minimum atomic E-state index is -0.107. The van der Waals surface area contributed by atoms with Crippen LogP contribution in [0.3, 0.4) is 0 Å². The molecule has 1 saturated carbocycles. The normalized spacial score (nSPS) is 17.5. The van der Waals surface area contributed by atoms with Crippen molar-refractivity contribution in [3.63, 3.8) is 0 Å². The van der Waals surface area contributed by atoms with Gasteiger partial charge in [0.1, 0.15) is 0 Å². The number of carbonyl (C=O) groups is 1. The Hall–Kier alpha value is -0.570. The zero-order valence-corrected chi connectivity index (χ0v) is 9.83. The van der Waals surface area contributed by atoms with Crippen molar-refractivity contribution in [2.45, 2.75) is 52.1 Å². The fraction of sp³-hybridized carbons (Fsp3) is 0.917. The molecule has 0 aliphatic heterocycles. The molecule has 0 heterocycles. The van der Waals surface area contributed by atoms with Gasteiger partial charge in [0.2, 0.25) is 0 Å². The Bertz CT molecular complexity index is 187. The first-order chi connectivity index (χ1) is 7.27. The van der Waals surface area contributed by atoms with Crippen LogP contribution in [0.15, 0.2) is 0 Å². The van der Waals surface area contributed by atoms with E-state index in [9.17, 15) is 4.79 Å². The Labute approximate surface area is 92.1 Å². The van der Waals surface area contributed by atoms with Crippen molar-refractivity contribution in [2.75, 3.05) is 13.2 Å². The lowest BCUT2D eigenvalue weighted by molar-refractivity contribution is -0.147. The maximum atomic E-state index is 11.4. The van der Waals surface area contributed by atoms with Gasteiger partial charge in [-0.05, 0) is 31.6 Å². The fourth-order valence-electron chi connectivity index (χ4n) is 1.54. The Morgan fingerprint density at radius 2 is 1.93 bits per heavy atom. The van der Waals surface area contributed by atoms with Gasteiger partial charge in [-0.15, -0.1) is 0 Å². The van der Waals surface area contributed by atoms with Crippen LogP contribution in [0, 0.1) is 5.92 Å². The van der Waals surface area contributed by atoms with Crippen LogP contribution in [0.25, 0.3) is 0 Å². The van der Waals surface area contributed by atoms with Gasteiger partial charge in [-0.3, -0.25) is 4.79 Å². The lowest BCUT2D eigenvalue weighted by Gasteiger charge is -2.16. The smallest absolute Gasteiger partial charge is 0.308 e. The van der Waals surface area contributed by atoms with Crippen molar-refractivity contribution in [2.24, 2.45) is 5.92 Å². The van der Waals surface area contributed by atoms with Crippen molar-refractivity contribution < 1.29 is 14.3 Å². The molecule has 88 valence electrons. The zero-order valence-electron chi connectivity index (χ0n) is 9.83. The highest BCUT2D eigenvalue weighted by molar-refractivity contribution is 5.70. The molecule has 3 heteroatoms. The van der Waals surface area contributed by atoms with Gasteiger partial charge in [-0.1, -0.05) is 13.8 Å². The van der Waals surface area contributed by atoms with E-state index in [2.05, 4.69) is 6.92 Å². The van der Waals surface area contributed by atoms with E-state index in [0.717, 1.165) is 19.4 Å². The largest absolute Gasteiger partial charge is 0.466 e. The van der Waals surface area contributed by atoms with E-state index >= 15 is 0 Å². The second kappa shape index (κ2) is 6.83. The van der Waals surface area contributed by atoms with Gasteiger partial charge in [-0.2, -0.15) is 0 Å². The van der Waals surface area contributed by atoms with Crippen molar-refractivity contribution in [3.8, 4) is 0 Å². The van der Waals surface area contributed by atoms with Crippen molar-refractivity contribution in [1.82, 2.24) is 0 Å². The SMILES string of the molecule is CCCOC(=O)CC(OCCC)C1CC1. The Balaban J connectivity index is 2.20. The van der Waals surface area contributed by atoms with Crippen LogP contribution in [0.1, 0.15) is 46.0 Å². The molecule has 3 nitrogen and oxygen atoms in total.